The van der Waals surface area contributed by atoms with E-state index in [1.54, 1.807) is 12.3 Å². The number of amides is 1. The molecule has 0 aliphatic carbocycles. The molecule has 5 heterocycles. The molecule has 2 bridgehead atoms. The third kappa shape index (κ3) is 2.98. The molecule has 0 radical (unpaired) electrons. The first-order valence-corrected chi connectivity index (χ1v) is 8.61. The van der Waals surface area contributed by atoms with Gasteiger partial charge < -0.3 is 10.2 Å². The molecule has 5 rings (SSSR count). The molecule has 2 aromatic rings. The molecule has 0 unspecified atom stereocenters. The third-order valence-corrected chi connectivity index (χ3v) is 5.67. The van der Waals surface area contributed by atoms with Gasteiger partial charge >= 0.3 is 0 Å². The molecule has 23 heavy (non-hydrogen) atoms. The summed E-state index contributed by atoms with van der Waals surface area (Å²) in [4.78, 5) is 23.8. The second-order valence-corrected chi connectivity index (χ2v) is 7.14. The zero-order valence-corrected chi connectivity index (χ0v) is 13.4. The summed E-state index contributed by atoms with van der Waals surface area (Å²) in [7, 11) is 0. The fourth-order valence-corrected chi connectivity index (χ4v) is 4.17. The number of nitrogens with zero attached hydrogens (tertiary/aromatic N) is 3. The van der Waals surface area contributed by atoms with Crippen molar-refractivity contribution < 1.29 is 9.18 Å². The minimum absolute atomic E-state index is 0.123. The van der Waals surface area contributed by atoms with Gasteiger partial charge in [0.1, 0.15) is 5.82 Å². The topological polar surface area (TPSA) is 58.1 Å². The Balaban J connectivity index is 1.46. The minimum atomic E-state index is -0.376. The predicted molar refractivity (Wildman–Crippen MR) is 85.7 cm³/mol. The number of carbonyl (C=O) groups is 1. The first kappa shape index (κ1) is 14.7. The Kier molecular flexibility index (Phi) is 3.82. The van der Waals surface area contributed by atoms with E-state index < -0.39 is 0 Å². The summed E-state index contributed by atoms with van der Waals surface area (Å²) < 4.78 is 12.9. The Hall–Kier alpha value is -1.86. The van der Waals surface area contributed by atoms with E-state index in [-0.39, 0.29) is 17.8 Å². The number of nitrogens with one attached hydrogen (secondary N) is 1. The largest absolute Gasteiger partial charge is 0.346 e. The first-order valence-electron chi connectivity index (χ1n) is 7.80. The summed E-state index contributed by atoms with van der Waals surface area (Å²) in [5.74, 6) is 0.0860. The zero-order valence-electron chi connectivity index (χ0n) is 12.5. The third-order valence-electron chi connectivity index (χ3n) is 4.65. The molecule has 0 saturated carbocycles. The minimum Gasteiger partial charge on any atom is -0.346 e. The van der Waals surface area contributed by atoms with Crippen molar-refractivity contribution in [3.8, 4) is 10.6 Å². The summed E-state index contributed by atoms with van der Waals surface area (Å²) in [6.07, 6.45) is 5.11. The van der Waals surface area contributed by atoms with Gasteiger partial charge in [-0.3, -0.25) is 9.78 Å². The highest BCUT2D eigenvalue weighted by Crippen LogP contribution is 2.28. The summed E-state index contributed by atoms with van der Waals surface area (Å²) in [6.45, 7) is 3.23. The van der Waals surface area contributed by atoms with Gasteiger partial charge in [0.25, 0.3) is 5.91 Å². The van der Waals surface area contributed by atoms with Crippen molar-refractivity contribution in [2.75, 3.05) is 19.6 Å². The van der Waals surface area contributed by atoms with E-state index in [0.717, 1.165) is 37.4 Å². The molecule has 0 spiro atoms. The Labute approximate surface area is 137 Å². The molecule has 120 valence electrons. The van der Waals surface area contributed by atoms with Gasteiger partial charge in [0.05, 0.1) is 16.8 Å². The molecule has 3 fully saturated rings. The maximum atomic E-state index is 12.9. The molecule has 3 saturated heterocycles. The number of aromatic nitrogens is 2. The summed E-state index contributed by atoms with van der Waals surface area (Å²) >= 11 is 1.29. The highest BCUT2D eigenvalue weighted by Gasteiger charge is 2.35. The maximum Gasteiger partial charge on any atom is 0.280 e. The summed E-state index contributed by atoms with van der Waals surface area (Å²) in [5, 5.41) is 3.56. The molecule has 1 atom stereocenters. The van der Waals surface area contributed by atoms with E-state index in [1.165, 1.54) is 23.6 Å². The Morgan fingerprint density at radius 2 is 2.09 bits per heavy atom. The SMILES string of the molecule is O=C(N[C@H]1CN2CCC1CC2)c1ncc(-c2ccc(F)cn2)s1. The van der Waals surface area contributed by atoms with Crippen LogP contribution in [0.1, 0.15) is 22.6 Å². The lowest BCUT2D eigenvalue weighted by molar-refractivity contribution is 0.0620. The van der Waals surface area contributed by atoms with Crippen LogP contribution in [0.25, 0.3) is 10.6 Å². The normalized spacial score (nSPS) is 26.2. The number of thiazole rings is 1. The highest BCUT2D eigenvalue weighted by molar-refractivity contribution is 7.16. The van der Waals surface area contributed by atoms with Crippen LogP contribution in [0.3, 0.4) is 0 Å². The second kappa shape index (κ2) is 5.98. The van der Waals surface area contributed by atoms with Gasteiger partial charge in [-0.2, -0.15) is 0 Å². The molecule has 0 aromatic carbocycles. The van der Waals surface area contributed by atoms with Gasteiger partial charge in [-0.25, -0.2) is 9.37 Å². The van der Waals surface area contributed by atoms with Crippen LogP contribution < -0.4 is 5.32 Å². The highest BCUT2D eigenvalue weighted by atomic mass is 32.1. The lowest BCUT2D eigenvalue weighted by atomic mass is 9.84. The summed E-state index contributed by atoms with van der Waals surface area (Å²) in [6, 6.07) is 3.17. The molecule has 7 heteroatoms. The fourth-order valence-electron chi connectivity index (χ4n) is 3.38. The van der Waals surface area contributed by atoms with Crippen LogP contribution in [0.2, 0.25) is 0 Å². The van der Waals surface area contributed by atoms with Crippen LogP contribution in [0.15, 0.2) is 24.5 Å². The molecule has 3 aliphatic rings. The Bertz CT molecular complexity index is 709. The molecule has 1 amide bonds. The molecule has 3 aliphatic heterocycles. The van der Waals surface area contributed by atoms with Crippen molar-refractivity contribution in [3.63, 3.8) is 0 Å². The van der Waals surface area contributed by atoms with Crippen LogP contribution >= 0.6 is 11.3 Å². The van der Waals surface area contributed by atoms with Crippen molar-refractivity contribution in [1.82, 2.24) is 20.2 Å². The fraction of sp³-hybridized carbons (Fsp3) is 0.438. The van der Waals surface area contributed by atoms with Gasteiger partial charge in [-0.05, 0) is 44.0 Å². The molecular formula is C16H17FN4OS. The summed E-state index contributed by atoms with van der Waals surface area (Å²) in [5.41, 5.74) is 0.630. The number of fused-ring (bicyclic) bond motifs is 3. The van der Waals surface area contributed by atoms with E-state index in [2.05, 4.69) is 20.2 Å². The van der Waals surface area contributed by atoms with Gasteiger partial charge in [-0.15, -0.1) is 11.3 Å². The predicted octanol–water partition coefficient (Wildman–Crippen LogP) is 2.17. The molecule has 2 aromatic heterocycles. The van der Waals surface area contributed by atoms with E-state index in [9.17, 15) is 9.18 Å². The quantitative estimate of drug-likeness (QED) is 0.936. The number of rotatable bonds is 3. The molecule has 5 nitrogen and oxygen atoms in total. The van der Waals surface area contributed by atoms with Crippen molar-refractivity contribution >= 4 is 17.2 Å². The number of hydrogen-bond donors (Lipinski definition) is 1. The maximum absolute atomic E-state index is 12.9. The van der Waals surface area contributed by atoms with Gasteiger partial charge in [0.15, 0.2) is 5.01 Å². The van der Waals surface area contributed by atoms with Crippen LogP contribution in [0, 0.1) is 11.7 Å². The lowest BCUT2D eigenvalue weighted by Gasteiger charge is -2.44. The van der Waals surface area contributed by atoms with Gasteiger partial charge in [0, 0.05) is 18.8 Å². The molecular weight excluding hydrogens is 315 g/mol. The van der Waals surface area contributed by atoms with Gasteiger partial charge in [-0.1, -0.05) is 0 Å². The van der Waals surface area contributed by atoms with E-state index in [0.29, 0.717) is 16.6 Å². The number of halogens is 1. The van der Waals surface area contributed by atoms with Crippen molar-refractivity contribution in [2.24, 2.45) is 5.92 Å². The monoisotopic (exact) mass is 332 g/mol. The van der Waals surface area contributed by atoms with Crippen molar-refractivity contribution in [1.29, 1.82) is 0 Å². The smallest absolute Gasteiger partial charge is 0.280 e. The van der Waals surface area contributed by atoms with Crippen molar-refractivity contribution in [2.45, 2.75) is 18.9 Å². The first-order chi connectivity index (χ1) is 11.2. The average Bonchev–Trinajstić information content (AvgIpc) is 3.07. The number of hydrogen-bond acceptors (Lipinski definition) is 5. The van der Waals surface area contributed by atoms with E-state index in [1.807, 2.05) is 0 Å². The Morgan fingerprint density at radius 3 is 2.74 bits per heavy atom. The van der Waals surface area contributed by atoms with Crippen LogP contribution in [0.4, 0.5) is 4.39 Å². The average molecular weight is 332 g/mol. The van der Waals surface area contributed by atoms with Crippen molar-refractivity contribution in [3.05, 3.63) is 35.4 Å². The molecule has 1 N–H and O–H groups in total. The number of carbonyl (C=O) groups excluding carboxylic acids is 1. The zero-order chi connectivity index (χ0) is 15.8. The standard InChI is InChI=1S/C16H17FN4OS/c17-11-1-2-12(18-7-11)14-8-19-16(23-14)15(22)20-13-9-21-5-3-10(13)4-6-21/h1-2,7-8,10,13H,3-6,9H2,(H,20,22)/t13-/m0/s1. The lowest BCUT2D eigenvalue weighted by Crippen LogP contribution is -2.57. The van der Waals surface area contributed by atoms with E-state index in [4.69, 9.17) is 0 Å². The van der Waals surface area contributed by atoms with Crippen LogP contribution in [-0.2, 0) is 0 Å². The number of piperidine rings is 3. The van der Waals surface area contributed by atoms with Crippen LogP contribution in [-0.4, -0.2) is 46.5 Å². The van der Waals surface area contributed by atoms with E-state index >= 15 is 0 Å². The Morgan fingerprint density at radius 1 is 1.26 bits per heavy atom. The second-order valence-electron chi connectivity index (χ2n) is 6.11. The van der Waals surface area contributed by atoms with Crippen LogP contribution in [0.5, 0.6) is 0 Å². The van der Waals surface area contributed by atoms with Gasteiger partial charge in [0.2, 0.25) is 0 Å². The number of pyridine rings is 1.